The zero-order valence-corrected chi connectivity index (χ0v) is 12.0. The molecule has 5 heteroatoms. The van der Waals surface area contributed by atoms with Gasteiger partial charge in [-0.25, -0.2) is 4.98 Å². The van der Waals surface area contributed by atoms with E-state index in [1.54, 1.807) is 18.3 Å². The van der Waals surface area contributed by atoms with Gasteiger partial charge < -0.3 is 14.8 Å². The number of amides is 1. The van der Waals surface area contributed by atoms with Crippen molar-refractivity contribution >= 4 is 11.6 Å². The molecule has 2 aliphatic rings. The summed E-state index contributed by atoms with van der Waals surface area (Å²) >= 11 is 0. The molecule has 3 rings (SSSR count). The van der Waals surface area contributed by atoms with Crippen molar-refractivity contribution in [3.8, 4) is 5.88 Å². The van der Waals surface area contributed by atoms with Gasteiger partial charge >= 0.3 is 0 Å². The number of aromatic nitrogens is 1. The third-order valence-electron chi connectivity index (χ3n) is 3.75. The molecule has 2 atom stereocenters. The largest absolute Gasteiger partial charge is 0.472 e. The van der Waals surface area contributed by atoms with E-state index < -0.39 is 0 Å². The fraction of sp³-hybridized carbons (Fsp3) is 0.500. The molecule has 0 radical (unpaired) electrons. The zero-order chi connectivity index (χ0) is 14.5. The number of nitrogens with zero attached hydrogens (tertiary/aromatic N) is 1. The Balaban J connectivity index is 1.54. The highest BCUT2D eigenvalue weighted by atomic mass is 16.5. The Hall–Kier alpha value is -1.88. The summed E-state index contributed by atoms with van der Waals surface area (Å²) in [5, 5.41) is 2.91. The second kappa shape index (κ2) is 6.72. The summed E-state index contributed by atoms with van der Waals surface area (Å²) in [6.07, 6.45) is 9.54. The standard InChI is InChI=1S/C16H20N2O3/c19-15(9-12-3-1-2-4-12)18-13-5-7-17-16(10-13)21-14-6-8-20-11-14/h1,3,5,7,10,12,14H,2,4,6,8-9,11H2,(H,17,18,19). The van der Waals surface area contributed by atoms with Crippen LogP contribution in [0.15, 0.2) is 30.5 Å². The molecule has 1 aliphatic heterocycles. The van der Waals surface area contributed by atoms with Crippen LogP contribution < -0.4 is 10.1 Å². The average Bonchev–Trinajstić information content (AvgIpc) is 3.12. The lowest BCUT2D eigenvalue weighted by molar-refractivity contribution is -0.116. The number of hydrogen-bond acceptors (Lipinski definition) is 4. The SMILES string of the molecule is O=C(CC1C=CCC1)Nc1ccnc(OC2CCOC2)c1. The van der Waals surface area contributed by atoms with Gasteiger partial charge in [0.2, 0.25) is 11.8 Å². The average molecular weight is 288 g/mol. The van der Waals surface area contributed by atoms with Crippen molar-refractivity contribution < 1.29 is 14.3 Å². The third-order valence-corrected chi connectivity index (χ3v) is 3.75. The van der Waals surface area contributed by atoms with Gasteiger partial charge in [0.25, 0.3) is 0 Å². The topological polar surface area (TPSA) is 60.5 Å². The normalized spacial score (nSPS) is 24.2. The Morgan fingerprint density at radius 3 is 3.19 bits per heavy atom. The summed E-state index contributed by atoms with van der Waals surface area (Å²) in [6.45, 7) is 1.34. The predicted octanol–water partition coefficient (Wildman–Crippen LogP) is 2.54. The van der Waals surface area contributed by atoms with Crippen molar-refractivity contribution in [3.05, 3.63) is 30.5 Å². The van der Waals surface area contributed by atoms with Crippen LogP contribution in [0.2, 0.25) is 0 Å². The van der Waals surface area contributed by atoms with Gasteiger partial charge in [-0.2, -0.15) is 0 Å². The summed E-state index contributed by atoms with van der Waals surface area (Å²) in [5.41, 5.74) is 0.728. The number of rotatable bonds is 5. The second-order valence-electron chi connectivity index (χ2n) is 5.50. The van der Waals surface area contributed by atoms with Crippen molar-refractivity contribution in [2.75, 3.05) is 18.5 Å². The molecule has 1 aromatic heterocycles. The smallest absolute Gasteiger partial charge is 0.224 e. The lowest BCUT2D eigenvalue weighted by Crippen LogP contribution is -2.17. The quantitative estimate of drug-likeness (QED) is 0.846. The second-order valence-corrected chi connectivity index (χ2v) is 5.50. The fourth-order valence-corrected chi connectivity index (χ4v) is 2.64. The van der Waals surface area contributed by atoms with E-state index in [-0.39, 0.29) is 12.0 Å². The van der Waals surface area contributed by atoms with Gasteiger partial charge in [0.1, 0.15) is 6.10 Å². The molecule has 1 N–H and O–H groups in total. The maximum absolute atomic E-state index is 12.0. The minimum atomic E-state index is 0.0351. The van der Waals surface area contributed by atoms with Crippen LogP contribution in [0.25, 0.3) is 0 Å². The molecule has 1 saturated heterocycles. The molecule has 1 aliphatic carbocycles. The van der Waals surface area contributed by atoms with Gasteiger partial charge in [-0.05, 0) is 24.8 Å². The van der Waals surface area contributed by atoms with E-state index in [0.717, 1.165) is 31.6 Å². The lowest BCUT2D eigenvalue weighted by Gasteiger charge is -2.12. The van der Waals surface area contributed by atoms with Crippen LogP contribution in [0.1, 0.15) is 25.7 Å². The van der Waals surface area contributed by atoms with E-state index in [9.17, 15) is 4.79 Å². The maximum Gasteiger partial charge on any atom is 0.224 e. The van der Waals surface area contributed by atoms with Crippen LogP contribution in [0.4, 0.5) is 5.69 Å². The summed E-state index contributed by atoms with van der Waals surface area (Å²) in [4.78, 5) is 16.2. The highest BCUT2D eigenvalue weighted by Crippen LogP contribution is 2.22. The number of allylic oxidation sites excluding steroid dienone is 2. The van der Waals surface area contributed by atoms with Gasteiger partial charge in [-0.1, -0.05) is 12.2 Å². The summed E-state index contributed by atoms with van der Waals surface area (Å²) in [7, 11) is 0. The fourth-order valence-electron chi connectivity index (χ4n) is 2.64. The number of carbonyl (C=O) groups is 1. The highest BCUT2D eigenvalue weighted by Gasteiger charge is 2.18. The van der Waals surface area contributed by atoms with Crippen molar-refractivity contribution in [1.82, 2.24) is 4.98 Å². The molecule has 2 heterocycles. The molecular formula is C16H20N2O3. The van der Waals surface area contributed by atoms with Crippen LogP contribution in [0.3, 0.4) is 0 Å². The summed E-state index contributed by atoms with van der Waals surface area (Å²) in [5.74, 6) is 0.940. The van der Waals surface area contributed by atoms with Crippen molar-refractivity contribution in [3.63, 3.8) is 0 Å². The van der Waals surface area contributed by atoms with E-state index in [1.807, 2.05) is 0 Å². The Morgan fingerprint density at radius 2 is 2.43 bits per heavy atom. The van der Waals surface area contributed by atoms with E-state index in [1.165, 1.54) is 0 Å². The molecule has 21 heavy (non-hydrogen) atoms. The molecule has 0 saturated carbocycles. The molecule has 1 amide bonds. The van der Waals surface area contributed by atoms with Crippen LogP contribution >= 0.6 is 0 Å². The molecule has 0 aromatic carbocycles. The lowest BCUT2D eigenvalue weighted by atomic mass is 10.1. The van der Waals surface area contributed by atoms with Gasteiger partial charge in [0.05, 0.1) is 13.2 Å². The maximum atomic E-state index is 12.0. The first-order chi connectivity index (χ1) is 10.3. The Kier molecular flexibility index (Phi) is 4.50. The summed E-state index contributed by atoms with van der Waals surface area (Å²) in [6, 6.07) is 3.54. The predicted molar refractivity (Wildman–Crippen MR) is 79.2 cm³/mol. The monoisotopic (exact) mass is 288 g/mol. The van der Waals surface area contributed by atoms with Crippen LogP contribution in [-0.4, -0.2) is 30.2 Å². The first kappa shape index (κ1) is 14.1. The molecule has 1 fully saturated rings. The Morgan fingerprint density at radius 1 is 1.48 bits per heavy atom. The zero-order valence-electron chi connectivity index (χ0n) is 12.0. The number of carbonyl (C=O) groups excluding carboxylic acids is 1. The third kappa shape index (κ3) is 4.04. The molecule has 112 valence electrons. The van der Waals surface area contributed by atoms with Crippen LogP contribution in [-0.2, 0) is 9.53 Å². The van der Waals surface area contributed by atoms with E-state index in [0.29, 0.717) is 24.8 Å². The highest BCUT2D eigenvalue weighted by molar-refractivity contribution is 5.91. The van der Waals surface area contributed by atoms with Crippen molar-refractivity contribution in [2.24, 2.45) is 5.92 Å². The molecule has 0 bridgehead atoms. The van der Waals surface area contributed by atoms with Gasteiger partial charge in [0.15, 0.2) is 0 Å². The van der Waals surface area contributed by atoms with Crippen molar-refractivity contribution in [2.45, 2.75) is 31.8 Å². The molecule has 2 unspecified atom stereocenters. The molecule has 0 spiro atoms. The van der Waals surface area contributed by atoms with E-state index >= 15 is 0 Å². The Labute approximate surface area is 124 Å². The number of nitrogens with one attached hydrogen (secondary N) is 1. The molecule has 1 aromatic rings. The first-order valence-electron chi connectivity index (χ1n) is 7.46. The first-order valence-corrected chi connectivity index (χ1v) is 7.46. The summed E-state index contributed by atoms with van der Waals surface area (Å²) < 4.78 is 11.0. The number of ether oxygens (including phenoxy) is 2. The van der Waals surface area contributed by atoms with Gasteiger partial charge in [-0.15, -0.1) is 0 Å². The number of pyridine rings is 1. The minimum Gasteiger partial charge on any atom is -0.472 e. The van der Waals surface area contributed by atoms with Crippen LogP contribution in [0, 0.1) is 5.92 Å². The van der Waals surface area contributed by atoms with Gasteiger partial charge in [-0.3, -0.25) is 4.79 Å². The van der Waals surface area contributed by atoms with E-state index in [4.69, 9.17) is 9.47 Å². The van der Waals surface area contributed by atoms with Crippen molar-refractivity contribution in [1.29, 1.82) is 0 Å². The number of anilines is 1. The Bertz CT molecular complexity index is 524. The van der Waals surface area contributed by atoms with Crippen LogP contribution in [0.5, 0.6) is 5.88 Å². The number of hydrogen-bond donors (Lipinski definition) is 1. The van der Waals surface area contributed by atoms with Gasteiger partial charge in [0, 0.05) is 30.8 Å². The molecule has 5 nitrogen and oxygen atoms in total. The minimum absolute atomic E-state index is 0.0351. The van der Waals surface area contributed by atoms with E-state index in [2.05, 4.69) is 22.5 Å². The molecular weight excluding hydrogens is 268 g/mol.